The van der Waals surface area contributed by atoms with Crippen molar-refractivity contribution in [2.24, 2.45) is 0 Å². The summed E-state index contributed by atoms with van der Waals surface area (Å²) in [6.07, 6.45) is 3.21. The van der Waals surface area contributed by atoms with Crippen molar-refractivity contribution >= 4 is 29.2 Å². The van der Waals surface area contributed by atoms with Gasteiger partial charge in [-0.2, -0.15) is 0 Å². The van der Waals surface area contributed by atoms with Gasteiger partial charge in [-0.05, 0) is 24.3 Å². The molecule has 0 aromatic carbocycles. The van der Waals surface area contributed by atoms with Gasteiger partial charge in [0.2, 0.25) is 0 Å². The molecule has 2 rings (SSSR count). The molecular formula is C13H10Cl2N2O3. The SMILES string of the molecule is O=C(OCCOc1cccnc1)c1nc(Cl)ccc1Cl. The van der Waals surface area contributed by atoms with Crippen LogP contribution in [0.3, 0.4) is 0 Å². The lowest BCUT2D eigenvalue weighted by Crippen LogP contribution is -2.14. The van der Waals surface area contributed by atoms with Crippen LogP contribution in [0, 0.1) is 0 Å². The van der Waals surface area contributed by atoms with Gasteiger partial charge in [-0.3, -0.25) is 4.98 Å². The molecule has 5 nitrogen and oxygen atoms in total. The second-order valence-electron chi connectivity index (χ2n) is 3.64. The third-order valence-corrected chi connectivity index (χ3v) is 2.74. The van der Waals surface area contributed by atoms with Crippen molar-refractivity contribution in [2.45, 2.75) is 0 Å². The predicted octanol–water partition coefficient (Wildman–Crippen LogP) is 3.02. The number of aromatic nitrogens is 2. The number of carbonyl (C=O) groups excluding carboxylic acids is 1. The van der Waals surface area contributed by atoms with Crippen LogP contribution in [0.5, 0.6) is 5.75 Å². The number of ether oxygens (including phenoxy) is 2. The molecule has 0 aliphatic heterocycles. The van der Waals surface area contributed by atoms with E-state index < -0.39 is 5.97 Å². The largest absolute Gasteiger partial charge is 0.488 e. The van der Waals surface area contributed by atoms with E-state index in [1.54, 1.807) is 24.5 Å². The van der Waals surface area contributed by atoms with Gasteiger partial charge < -0.3 is 9.47 Å². The summed E-state index contributed by atoms with van der Waals surface area (Å²) in [6.45, 7) is 0.272. The lowest BCUT2D eigenvalue weighted by Gasteiger charge is -2.07. The summed E-state index contributed by atoms with van der Waals surface area (Å²) in [5, 5.41) is 0.362. The van der Waals surface area contributed by atoms with Gasteiger partial charge in [0.1, 0.15) is 24.1 Å². The van der Waals surface area contributed by atoms with E-state index in [4.69, 9.17) is 32.7 Å². The van der Waals surface area contributed by atoms with Crippen LogP contribution in [0.15, 0.2) is 36.7 Å². The number of halogens is 2. The molecule has 20 heavy (non-hydrogen) atoms. The molecule has 0 spiro atoms. The molecule has 2 aromatic rings. The molecule has 0 unspecified atom stereocenters. The molecule has 0 N–H and O–H groups in total. The Morgan fingerprint density at radius 2 is 2.05 bits per heavy atom. The minimum Gasteiger partial charge on any atom is -0.488 e. The van der Waals surface area contributed by atoms with Gasteiger partial charge in [-0.25, -0.2) is 9.78 Å². The first-order valence-corrected chi connectivity index (χ1v) is 6.44. The number of pyridine rings is 2. The number of rotatable bonds is 5. The summed E-state index contributed by atoms with van der Waals surface area (Å²) in [6, 6.07) is 6.48. The van der Waals surface area contributed by atoms with Gasteiger partial charge in [-0.1, -0.05) is 23.2 Å². The lowest BCUT2D eigenvalue weighted by atomic mass is 10.3. The van der Waals surface area contributed by atoms with Gasteiger partial charge in [0, 0.05) is 6.20 Å². The first-order chi connectivity index (χ1) is 9.66. The molecule has 0 amide bonds. The average Bonchev–Trinajstić information content (AvgIpc) is 2.47. The topological polar surface area (TPSA) is 61.3 Å². The fraction of sp³-hybridized carbons (Fsp3) is 0.154. The first-order valence-electron chi connectivity index (χ1n) is 5.69. The summed E-state index contributed by atoms with van der Waals surface area (Å²) >= 11 is 11.5. The normalized spacial score (nSPS) is 10.1. The number of hydrogen-bond acceptors (Lipinski definition) is 5. The fourth-order valence-electron chi connectivity index (χ4n) is 1.36. The van der Waals surface area contributed by atoms with Crippen molar-refractivity contribution in [1.29, 1.82) is 0 Å². The van der Waals surface area contributed by atoms with Crippen LogP contribution in [-0.4, -0.2) is 29.2 Å². The van der Waals surface area contributed by atoms with E-state index in [1.165, 1.54) is 12.1 Å². The average molecular weight is 313 g/mol. The van der Waals surface area contributed by atoms with Crippen LogP contribution >= 0.6 is 23.2 Å². The Morgan fingerprint density at radius 1 is 1.20 bits per heavy atom. The van der Waals surface area contributed by atoms with Crippen molar-refractivity contribution in [2.75, 3.05) is 13.2 Å². The number of hydrogen-bond donors (Lipinski definition) is 0. The molecule has 0 aliphatic rings. The lowest BCUT2D eigenvalue weighted by molar-refractivity contribution is 0.0443. The van der Waals surface area contributed by atoms with Crippen molar-refractivity contribution in [3.05, 3.63) is 52.5 Å². The number of carbonyl (C=O) groups is 1. The standard InChI is InChI=1S/C13H10Cl2N2O3/c14-10-3-4-11(15)17-12(10)13(18)20-7-6-19-9-2-1-5-16-8-9/h1-5,8H,6-7H2. The maximum absolute atomic E-state index is 11.7. The highest BCUT2D eigenvalue weighted by molar-refractivity contribution is 6.34. The second-order valence-corrected chi connectivity index (χ2v) is 4.43. The van der Waals surface area contributed by atoms with Crippen LogP contribution in [0.1, 0.15) is 10.5 Å². The zero-order valence-electron chi connectivity index (χ0n) is 10.3. The molecule has 7 heteroatoms. The maximum atomic E-state index is 11.7. The van der Waals surface area contributed by atoms with E-state index >= 15 is 0 Å². The van der Waals surface area contributed by atoms with E-state index in [0.29, 0.717) is 5.75 Å². The highest BCUT2D eigenvalue weighted by Gasteiger charge is 2.14. The van der Waals surface area contributed by atoms with E-state index in [2.05, 4.69) is 9.97 Å². The quantitative estimate of drug-likeness (QED) is 0.482. The van der Waals surface area contributed by atoms with Crippen LogP contribution in [-0.2, 0) is 4.74 Å². The zero-order valence-corrected chi connectivity index (χ0v) is 11.8. The Bertz CT molecular complexity index is 593. The number of nitrogens with zero attached hydrogens (tertiary/aromatic N) is 2. The van der Waals surface area contributed by atoms with Crippen LogP contribution in [0.25, 0.3) is 0 Å². The smallest absolute Gasteiger partial charge is 0.358 e. The van der Waals surface area contributed by atoms with Crippen molar-refractivity contribution in [1.82, 2.24) is 9.97 Å². The molecule has 0 atom stereocenters. The molecular weight excluding hydrogens is 303 g/mol. The fourth-order valence-corrected chi connectivity index (χ4v) is 1.69. The van der Waals surface area contributed by atoms with Crippen LogP contribution < -0.4 is 4.74 Å². The Morgan fingerprint density at radius 3 is 2.80 bits per heavy atom. The zero-order chi connectivity index (χ0) is 14.4. The van der Waals surface area contributed by atoms with Gasteiger partial charge >= 0.3 is 5.97 Å². The summed E-state index contributed by atoms with van der Waals surface area (Å²) in [5.41, 5.74) is -0.0134. The van der Waals surface area contributed by atoms with E-state index in [1.807, 2.05) is 0 Å². The Kier molecular flexibility index (Phi) is 5.15. The predicted molar refractivity (Wildman–Crippen MR) is 74.3 cm³/mol. The van der Waals surface area contributed by atoms with Crippen LogP contribution in [0.4, 0.5) is 0 Å². The Balaban J connectivity index is 1.82. The maximum Gasteiger partial charge on any atom is 0.358 e. The molecule has 0 radical (unpaired) electrons. The van der Waals surface area contributed by atoms with Crippen molar-refractivity contribution < 1.29 is 14.3 Å². The molecule has 104 valence electrons. The number of esters is 1. The molecule has 0 saturated heterocycles. The minimum absolute atomic E-state index is 0.0134. The monoisotopic (exact) mass is 312 g/mol. The summed E-state index contributed by atoms with van der Waals surface area (Å²) in [5.74, 6) is -0.0465. The molecule has 2 aromatic heterocycles. The third kappa shape index (κ3) is 4.08. The molecule has 0 bridgehead atoms. The highest BCUT2D eigenvalue weighted by atomic mass is 35.5. The summed E-state index contributed by atoms with van der Waals surface area (Å²) in [4.78, 5) is 19.4. The summed E-state index contributed by atoms with van der Waals surface area (Å²) < 4.78 is 10.3. The van der Waals surface area contributed by atoms with Gasteiger partial charge in [0.05, 0.1) is 11.2 Å². The van der Waals surface area contributed by atoms with Gasteiger partial charge in [-0.15, -0.1) is 0 Å². The van der Waals surface area contributed by atoms with Crippen molar-refractivity contribution in [3.63, 3.8) is 0 Å². The van der Waals surface area contributed by atoms with Gasteiger partial charge in [0.15, 0.2) is 5.69 Å². The molecule has 0 fully saturated rings. The summed E-state index contributed by atoms with van der Waals surface area (Å²) in [7, 11) is 0. The van der Waals surface area contributed by atoms with Gasteiger partial charge in [0.25, 0.3) is 0 Å². The van der Waals surface area contributed by atoms with Crippen molar-refractivity contribution in [3.8, 4) is 5.75 Å². The molecule has 0 aliphatic carbocycles. The van der Waals surface area contributed by atoms with E-state index in [0.717, 1.165) is 0 Å². The Hall–Kier alpha value is -1.85. The second kappa shape index (κ2) is 7.07. The third-order valence-electron chi connectivity index (χ3n) is 2.22. The van der Waals surface area contributed by atoms with E-state index in [9.17, 15) is 4.79 Å². The van der Waals surface area contributed by atoms with E-state index in [-0.39, 0.29) is 29.1 Å². The highest BCUT2D eigenvalue weighted by Crippen LogP contribution is 2.17. The molecule has 0 saturated carbocycles. The minimum atomic E-state index is -0.646. The first kappa shape index (κ1) is 14.6. The van der Waals surface area contributed by atoms with Crippen LogP contribution in [0.2, 0.25) is 10.2 Å². The Labute approximate surface area is 125 Å². The molecule has 2 heterocycles.